The van der Waals surface area contributed by atoms with Gasteiger partial charge < -0.3 is 9.84 Å². The van der Waals surface area contributed by atoms with E-state index in [-0.39, 0.29) is 5.75 Å². The van der Waals surface area contributed by atoms with Crippen LogP contribution in [0.25, 0.3) is 20.5 Å². The molecule has 1 N–H and O–H groups in total. The van der Waals surface area contributed by atoms with Crippen LogP contribution in [0.3, 0.4) is 0 Å². The molecule has 0 aliphatic carbocycles. The molecule has 0 radical (unpaired) electrons. The monoisotopic (exact) mass is 396 g/mol. The number of hydrogen-bond donors (Lipinski definition) is 1. The van der Waals surface area contributed by atoms with E-state index in [1.807, 2.05) is 48.5 Å². The second-order valence-corrected chi connectivity index (χ2v) is 7.33. The number of thiophene rings is 1. The second kappa shape index (κ2) is 6.30. The number of phenolic OH excluding ortho intramolecular Hbond substituents is 1. The Kier molecular flexibility index (Phi) is 4.00. The van der Waals surface area contributed by atoms with Crippen LogP contribution in [0, 0.1) is 0 Å². The molecule has 0 aliphatic heterocycles. The molecular weight excluding hydrogens is 384 g/mol. The van der Waals surface area contributed by atoms with E-state index in [0.717, 1.165) is 36.5 Å². The van der Waals surface area contributed by atoms with Gasteiger partial charge in [0.15, 0.2) is 5.75 Å². The lowest BCUT2D eigenvalue weighted by Crippen LogP contribution is -1.85. The Hall–Kier alpha value is -2.30. The number of fused-ring (bicyclic) bond motifs is 1. The third kappa shape index (κ3) is 2.90. The molecule has 3 aromatic carbocycles. The average Bonchev–Trinajstić information content (AvgIpc) is 2.94. The Morgan fingerprint density at radius 3 is 2.38 bits per heavy atom. The molecule has 0 saturated heterocycles. The first-order chi connectivity index (χ1) is 11.7. The summed E-state index contributed by atoms with van der Waals surface area (Å²) < 4.78 is 8.24. The molecule has 0 atom stereocenters. The lowest BCUT2D eigenvalue weighted by atomic mass is 10.1. The van der Waals surface area contributed by atoms with Crippen LogP contribution < -0.4 is 4.74 Å². The van der Waals surface area contributed by atoms with Gasteiger partial charge in [-0.15, -0.1) is 11.3 Å². The van der Waals surface area contributed by atoms with Gasteiger partial charge in [0.05, 0.1) is 4.88 Å². The first-order valence-electron chi connectivity index (χ1n) is 7.45. The smallest absolute Gasteiger partial charge is 0.153 e. The van der Waals surface area contributed by atoms with Crippen molar-refractivity contribution in [3.63, 3.8) is 0 Å². The van der Waals surface area contributed by atoms with Crippen LogP contribution in [0.4, 0.5) is 0 Å². The number of aromatic hydroxyl groups is 1. The number of rotatable bonds is 3. The summed E-state index contributed by atoms with van der Waals surface area (Å²) in [5.41, 5.74) is 1.09. The molecule has 0 unspecified atom stereocenters. The molecule has 118 valence electrons. The Balaban J connectivity index is 1.91. The van der Waals surface area contributed by atoms with Crippen molar-refractivity contribution in [2.24, 2.45) is 0 Å². The quantitative estimate of drug-likeness (QED) is 0.411. The summed E-state index contributed by atoms with van der Waals surface area (Å²) in [6.07, 6.45) is 0. The summed E-state index contributed by atoms with van der Waals surface area (Å²) in [5.74, 6) is 1.88. The number of benzene rings is 3. The van der Waals surface area contributed by atoms with Gasteiger partial charge in [-0.2, -0.15) is 0 Å². The van der Waals surface area contributed by atoms with Crippen LogP contribution in [-0.2, 0) is 0 Å². The molecule has 0 aliphatic rings. The van der Waals surface area contributed by atoms with Gasteiger partial charge in [0, 0.05) is 14.6 Å². The molecule has 0 amide bonds. The highest BCUT2D eigenvalue weighted by Gasteiger charge is 2.16. The fourth-order valence-electron chi connectivity index (χ4n) is 2.56. The number of hydrogen-bond acceptors (Lipinski definition) is 3. The van der Waals surface area contributed by atoms with E-state index >= 15 is 0 Å². The maximum atomic E-state index is 9.79. The fraction of sp³-hybridized carbons (Fsp3) is 0. The van der Waals surface area contributed by atoms with Crippen LogP contribution in [0.5, 0.6) is 17.2 Å². The number of halogens is 1. The minimum Gasteiger partial charge on any atom is -0.508 e. The molecule has 4 aromatic rings. The van der Waals surface area contributed by atoms with E-state index < -0.39 is 0 Å². The molecule has 0 spiro atoms. The van der Waals surface area contributed by atoms with Gasteiger partial charge in [-0.25, -0.2) is 0 Å². The van der Waals surface area contributed by atoms with Gasteiger partial charge in [-0.05, 0) is 48.0 Å². The van der Waals surface area contributed by atoms with E-state index in [4.69, 9.17) is 4.74 Å². The third-order valence-corrected chi connectivity index (χ3v) is 5.41. The summed E-state index contributed by atoms with van der Waals surface area (Å²) in [4.78, 5) is 1.05. The van der Waals surface area contributed by atoms with Crippen LogP contribution in [-0.4, -0.2) is 5.11 Å². The highest BCUT2D eigenvalue weighted by atomic mass is 79.9. The van der Waals surface area contributed by atoms with E-state index in [1.165, 1.54) is 0 Å². The third-order valence-electron chi connectivity index (χ3n) is 3.70. The zero-order valence-corrected chi connectivity index (χ0v) is 15.0. The van der Waals surface area contributed by atoms with Crippen LogP contribution in [0.2, 0.25) is 0 Å². The van der Waals surface area contributed by atoms with Gasteiger partial charge >= 0.3 is 0 Å². The van der Waals surface area contributed by atoms with Gasteiger partial charge in [0.1, 0.15) is 11.5 Å². The largest absolute Gasteiger partial charge is 0.508 e. The Labute approximate surface area is 152 Å². The standard InChI is InChI=1S/C20H13BrO2S/c21-14-8-6-13(7-9-14)20-19(23-16-4-2-1-3-5-16)17-11-10-15(22)12-18(17)24-20/h1-12,22H. The van der Waals surface area contributed by atoms with Gasteiger partial charge in [0.25, 0.3) is 0 Å². The first kappa shape index (κ1) is 15.2. The molecule has 1 aromatic heterocycles. The lowest BCUT2D eigenvalue weighted by Gasteiger charge is -2.08. The van der Waals surface area contributed by atoms with Crippen molar-refractivity contribution in [2.45, 2.75) is 0 Å². The molecule has 0 bridgehead atoms. The summed E-state index contributed by atoms with van der Waals surface area (Å²) in [7, 11) is 0. The maximum absolute atomic E-state index is 9.79. The number of phenols is 1. The van der Waals surface area contributed by atoms with Crippen molar-refractivity contribution in [3.05, 3.63) is 77.3 Å². The highest BCUT2D eigenvalue weighted by Crippen LogP contribution is 2.47. The number of ether oxygens (including phenoxy) is 1. The van der Waals surface area contributed by atoms with E-state index in [0.29, 0.717) is 0 Å². The summed E-state index contributed by atoms with van der Waals surface area (Å²) in [5, 5.41) is 10.8. The van der Waals surface area contributed by atoms with Crippen LogP contribution in [0.15, 0.2) is 77.3 Å². The predicted octanol–water partition coefficient (Wildman–Crippen LogP) is 6.83. The van der Waals surface area contributed by atoms with Crippen molar-refractivity contribution < 1.29 is 9.84 Å². The van der Waals surface area contributed by atoms with Crippen LogP contribution >= 0.6 is 27.3 Å². The Morgan fingerprint density at radius 2 is 1.62 bits per heavy atom. The topological polar surface area (TPSA) is 29.5 Å². The van der Waals surface area contributed by atoms with Crippen molar-refractivity contribution in [1.82, 2.24) is 0 Å². The second-order valence-electron chi connectivity index (χ2n) is 5.36. The minimum absolute atomic E-state index is 0.261. The van der Waals surface area contributed by atoms with E-state index in [1.54, 1.807) is 23.5 Å². The lowest BCUT2D eigenvalue weighted by molar-refractivity contribution is 0.476. The van der Waals surface area contributed by atoms with Gasteiger partial charge in [-0.1, -0.05) is 46.3 Å². The van der Waals surface area contributed by atoms with Crippen molar-refractivity contribution in [2.75, 3.05) is 0 Å². The zero-order chi connectivity index (χ0) is 16.5. The molecule has 2 nitrogen and oxygen atoms in total. The molecule has 0 saturated carbocycles. The average molecular weight is 397 g/mol. The normalized spacial score (nSPS) is 10.9. The predicted molar refractivity (Wildman–Crippen MR) is 103 cm³/mol. The highest BCUT2D eigenvalue weighted by molar-refractivity contribution is 9.10. The maximum Gasteiger partial charge on any atom is 0.153 e. The SMILES string of the molecule is Oc1ccc2c(Oc3ccccc3)c(-c3ccc(Br)cc3)sc2c1. The van der Waals surface area contributed by atoms with Crippen LogP contribution in [0.1, 0.15) is 0 Å². The minimum atomic E-state index is 0.261. The molecule has 0 fully saturated rings. The molecule has 24 heavy (non-hydrogen) atoms. The molecule has 4 heteroatoms. The van der Waals surface area contributed by atoms with Crippen molar-refractivity contribution in [3.8, 4) is 27.7 Å². The number of para-hydroxylation sites is 1. The van der Waals surface area contributed by atoms with Crippen molar-refractivity contribution >= 4 is 37.4 Å². The fourth-order valence-corrected chi connectivity index (χ4v) is 3.99. The van der Waals surface area contributed by atoms with E-state index in [2.05, 4.69) is 28.1 Å². The molecule has 4 rings (SSSR count). The summed E-state index contributed by atoms with van der Waals surface area (Å²) in [6.45, 7) is 0. The summed E-state index contributed by atoms with van der Waals surface area (Å²) >= 11 is 5.09. The molecular formula is C20H13BrO2S. The summed E-state index contributed by atoms with van der Waals surface area (Å²) in [6, 6.07) is 23.3. The zero-order valence-electron chi connectivity index (χ0n) is 12.6. The van der Waals surface area contributed by atoms with Gasteiger partial charge in [0.2, 0.25) is 0 Å². The van der Waals surface area contributed by atoms with Gasteiger partial charge in [-0.3, -0.25) is 0 Å². The Morgan fingerprint density at radius 1 is 0.875 bits per heavy atom. The first-order valence-corrected chi connectivity index (χ1v) is 9.06. The Bertz CT molecular complexity index is 992. The molecule has 1 heterocycles. The van der Waals surface area contributed by atoms with Crippen molar-refractivity contribution in [1.29, 1.82) is 0 Å². The van der Waals surface area contributed by atoms with E-state index in [9.17, 15) is 5.11 Å².